The highest BCUT2D eigenvalue weighted by Gasteiger charge is 2.47. The first-order valence-electron chi connectivity index (χ1n) is 6.55. The molecule has 0 unspecified atom stereocenters. The molecule has 0 atom stereocenters. The van der Waals surface area contributed by atoms with Crippen molar-refractivity contribution in [3.8, 4) is 0 Å². The van der Waals surface area contributed by atoms with Crippen LogP contribution in [0.25, 0.3) is 0 Å². The van der Waals surface area contributed by atoms with E-state index in [2.05, 4.69) is 26.1 Å². The molecule has 0 bridgehead atoms. The monoisotopic (exact) mass is 246 g/mol. The summed E-state index contributed by atoms with van der Waals surface area (Å²) >= 11 is 0. The fourth-order valence-electron chi connectivity index (χ4n) is 2.80. The summed E-state index contributed by atoms with van der Waals surface area (Å²) in [6, 6.07) is 6.00. The second-order valence-electron chi connectivity index (χ2n) is 5.75. The summed E-state index contributed by atoms with van der Waals surface area (Å²) < 4.78 is 0. The number of aryl methyl sites for hydroxylation is 2. The molecule has 0 aromatic heterocycles. The summed E-state index contributed by atoms with van der Waals surface area (Å²) in [4.78, 5) is 12.3. The molecule has 1 saturated carbocycles. The van der Waals surface area contributed by atoms with E-state index in [0.29, 0.717) is 12.5 Å². The van der Waals surface area contributed by atoms with Gasteiger partial charge in [0.2, 0.25) is 5.91 Å². The number of benzene rings is 1. The van der Waals surface area contributed by atoms with Crippen LogP contribution >= 0.6 is 0 Å². The third-order valence-electron chi connectivity index (χ3n) is 4.12. The van der Waals surface area contributed by atoms with E-state index in [-0.39, 0.29) is 11.3 Å². The van der Waals surface area contributed by atoms with Crippen molar-refractivity contribution >= 4 is 11.6 Å². The molecule has 0 aliphatic heterocycles. The highest BCUT2D eigenvalue weighted by Crippen LogP contribution is 2.45. The normalized spacial score (nSPS) is 26.6. The predicted octanol–water partition coefficient (Wildman–Crippen LogP) is 2.62. The standard InChI is InChI=1S/C15H22N2O/c1-10-7-15(8-10,9-16)14(18)17-13-5-4-11(2)12(3)6-13/h4-6,10H,7-9,16H2,1-3H3,(H,17,18). The number of nitrogens with one attached hydrogen (secondary N) is 1. The number of carbonyl (C=O) groups is 1. The molecule has 0 spiro atoms. The first-order valence-corrected chi connectivity index (χ1v) is 6.55. The summed E-state index contributed by atoms with van der Waals surface area (Å²) in [5.74, 6) is 0.686. The molecule has 2 rings (SSSR count). The minimum Gasteiger partial charge on any atom is -0.329 e. The SMILES string of the molecule is Cc1ccc(NC(=O)C2(CN)CC(C)C2)cc1C. The van der Waals surface area contributed by atoms with Gasteiger partial charge in [-0.3, -0.25) is 4.79 Å². The Morgan fingerprint density at radius 1 is 1.39 bits per heavy atom. The second-order valence-corrected chi connectivity index (χ2v) is 5.75. The lowest BCUT2D eigenvalue weighted by molar-refractivity contribution is -0.132. The van der Waals surface area contributed by atoms with Crippen molar-refractivity contribution in [3.05, 3.63) is 29.3 Å². The number of hydrogen-bond donors (Lipinski definition) is 2. The van der Waals surface area contributed by atoms with E-state index in [0.717, 1.165) is 18.5 Å². The Kier molecular flexibility index (Phi) is 3.44. The summed E-state index contributed by atoms with van der Waals surface area (Å²) in [6.45, 7) is 6.72. The van der Waals surface area contributed by atoms with Gasteiger partial charge in [-0.15, -0.1) is 0 Å². The molecule has 0 saturated heterocycles. The fraction of sp³-hybridized carbons (Fsp3) is 0.533. The lowest BCUT2D eigenvalue weighted by atomic mass is 9.62. The van der Waals surface area contributed by atoms with Gasteiger partial charge in [0.25, 0.3) is 0 Å². The van der Waals surface area contributed by atoms with Gasteiger partial charge < -0.3 is 11.1 Å². The molecule has 1 aliphatic carbocycles. The Balaban J connectivity index is 2.09. The Hall–Kier alpha value is -1.35. The second kappa shape index (κ2) is 4.73. The molecule has 3 nitrogen and oxygen atoms in total. The summed E-state index contributed by atoms with van der Waals surface area (Å²) in [5.41, 5.74) is 8.74. The van der Waals surface area contributed by atoms with Crippen LogP contribution in [0.5, 0.6) is 0 Å². The fourth-order valence-corrected chi connectivity index (χ4v) is 2.80. The molecule has 1 aromatic carbocycles. The molecular weight excluding hydrogens is 224 g/mol. The summed E-state index contributed by atoms with van der Waals surface area (Å²) in [5, 5.41) is 3.01. The van der Waals surface area contributed by atoms with Crippen molar-refractivity contribution in [1.29, 1.82) is 0 Å². The first kappa shape index (κ1) is 13.1. The zero-order valence-electron chi connectivity index (χ0n) is 11.4. The van der Waals surface area contributed by atoms with Crippen LogP contribution in [-0.4, -0.2) is 12.5 Å². The Labute approximate surface area is 109 Å². The zero-order chi connectivity index (χ0) is 13.3. The van der Waals surface area contributed by atoms with Gasteiger partial charge in [-0.1, -0.05) is 13.0 Å². The molecule has 1 aliphatic rings. The Bertz CT molecular complexity index is 462. The minimum atomic E-state index is -0.335. The minimum absolute atomic E-state index is 0.0753. The number of rotatable bonds is 3. The zero-order valence-corrected chi connectivity index (χ0v) is 11.4. The van der Waals surface area contributed by atoms with Crippen molar-refractivity contribution in [2.45, 2.75) is 33.6 Å². The van der Waals surface area contributed by atoms with Crippen molar-refractivity contribution in [2.75, 3.05) is 11.9 Å². The quantitative estimate of drug-likeness (QED) is 0.861. The van der Waals surface area contributed by atoms with E-state index in [9.17, 15) is 4.79 Å². The molecule has 1 amide bonds. The maximum atomic E-state index is 12.3. The Morgan fingerprint density at radius 3 is 2.56 bits per heavy atom. The maximum Gasteiger partial charge on any atom is 0.231 e. The predicted molar refractivity (Wildman–Crippen MR) is 74.4 cm³/mol. The Morgan fingerprint density at radius 2 is 2.06 bits per heavy atom. The number of amides is 1. The highest BCUT2D eigenvalue weighted by molar-refractivity contribution is 5.96. The van der Waals surface area contributed by atoms with E-state index >= 15 is 0 Å². The van der Waals surface area contributed by atoms with Crippen LogP contribution in [0.4, 0.5) is 5.69 Å². The average molecular weight is 246 g/mol. The van der Waals surface area contributed by atoms with Crippen LogP contribution in [0.3, 0.4) is 0 Å². The highest BCUT2D eigenvalue weighted by atomic mass is 16.2. The van der Waals surface area contributed by atoms with E-state index in [4.69, 9.17) is 5.73 Å². The third kappa shape index (κ3) is 2.27. The largest absolute Gasteiger partial charge is 0.329 e. The molecule has 3 heteroatoms. The van der Waals surface area contributed by atoms with Crippen LogP contribution in [0.1, 0.15) is 30.9 Å². The van der Waals surface area contributed by atoms with Gasteiger partial charge >= 0.3 is 0 Å². The molecule has 1 aromatic rings. The molecule has 1 fully saturated rings. The van der Waals surface area contributed by atoms with E-state index < -0.39 is 0 Å². The van der Waals surface area contributed by atoms with Crippen LogP contribution < -0.4 is 11.1 Å². The van der Waals surface area contributed by atoms with Gasteiger partial charge in [-0.2, -0.15) is 0 Å². The van der Waals surface area contributed by atoms with Crippen LogP contribution in [0, 0.1) is 25.2 Å². The van der Waals surface area contributed by atoms with Gasteiger partial charge in [0.05, 0.1) is 5.41 Å². The maximum absolute atomic E-state index is 12.3. The smallest absolute Gasteiger partial charge is 0.231 e. The molecule has 3 N–H and O–H groups in total. The van der Waals surface area contributed by atoms with Crippen molar-refractivity contribution in [3.63, 3.8) is 0 Å². The molecule has 0 heterocycles. The first-order chi connectivity index (χ1) is 8.47. The van der Waals surface area contributed by atoms with Crippen LogP contribution in [-0.2, 0) is 4.79 Å². The van der Waals surface area contributed by atoms with Gasteiger partial charge in [-0.05, 0) is 55.9 Å². The van der Waals surface area contributed by atoms with Crippen LogP contribution in [0.2, 0.25) is 0 Å². The van der Waals surface area contributed by atoms with Gasteiger partial charge in [0, 0.05) is 12.2 Å². The lowest BCUT2D eigenvalue weighted by Crippen LogP contribution is -2.51. The molecule has 98 valence electrons. The van der Waals surface area contributed by atoms with Crippen molar-refractivity contribution in [2.24, 2.45) is 17.1 Å². The van der Waals surface area contributed by atoms with Gasteiger partial charge in [0.1, 0.15) is 0 Å². The van der Waals surface area contributed by atoms with Crippen LogP contribution in [0.15, 0.2) is 18.2 Å². The molecule has 0 radical (unpaired) electrons. The molecule has 18 heavy (non-hydrogen) atoms. The van der Waals surface area contributed by atoms with Crippen molar-refractivity contribution < 1.29 is 4.79 Å². The number of nitrogens with two attached hydrogens (primary N) is 1. The topological polar surface area (TPSA) is 55.1 Å². The lowest BCUT2D eigenvalue weighted by Gasteiger charge is -2.44. The van der Waals surface area contributed by atoms with E-state index in [1.807, 2.05) is 18.2 Å². The number of anilines is 1. The number of carbonyl (C=O) groups excluding carboxylic acids is 1. The average Bonchev–Trinajstić information content (AvgIpc) is 2.29. The van der Waals surface area contributed by atoms with E-state index in [1.165, 1.54) is 11.1 Å². The van der Waals surface area contributed by atoms with Crippen molar-refractivity contribution in [1.82, 2.24) is 0 Å². The van der Waals surface area contributed by atoms with Gasteiger partial charge in [-0.25, -0.2) is 0 Å². The summed E-state index contributed by atoms with van der Waals surface area (Å²) in [6.07, 6.45) is 1.81. The third-order valence-corrected chi connectivity index (χ3v) is 4.12. The molecular formula is C15H22N2O. The van der Waals surface area contributed by atoms with Gasteiger partial charge in [0.15, 0.2) is 0 Å². The van der Waals surface area contributed by atoms with E-state index in [1.54, 1.807) is 0 Å². The summed E-state index contributed by atoms with van der Waals surface area (Å²) in [7, 11) is 0. The number of hydrogen-bond acceptors (Lipinski definition) is 2.